The van der Waals surface area contributed by atoms with Crippen LogP contribution >= 0.6 is 0 Å². The molecule has 1 atom stereocenters. The Hall–Kier alpha value is -0.830. The summed E-state index contributed by atoms with van der Waals surface area (Å²) < 4.78 is 10.8. The summed E-state index contributed by atoms with van der Waals surface area (Å²) in [6.45, 7) is 4.32. The van der Waals surface area contributed by atoms with E-state index in [2.05, 4.69) is 0 Å². The van der Waals surface area contributed by atoms with Crippen LogP contribution in [0.15, 0.2) is 12.2 Å². The van der Waals surface area contributed by atoms with Crippen molar-refractivity contribution in [3.05, 3.63) is 12.2 Å². The van der Waals surface area contributed by atoms with Crippen LogP contribution in [0, 0.1) is 5.92 Å². The van der Waals surface area contributed by atoms with Crippen molar-refractivity contribution in [2.45, 2.75) is 52.2 Å². The average molecular weight is 226 g/mol. The number of hydrogen-bond donors (Lipinski definition) is 0. The predicted molar refractivity (Wildman–Crippen MR) is 62.9 cm³/mol. The first kappa shape index (κ1) is 13.2. The Morgan fingerprint density at radius 1 is 1.38 bits per heavy atom. The zero-order chi connectivity index (χ0) is 11.8. The molecule has 0 aliphatic heterocycles. The monoisotopic (exact) mass is 226 g/mol. The molecule has 1 rings (SSSR count). The molecular formula is C13H22O3. The maximum Gasteiger partial charge on any atom is 0.332 e. The summed E-state index contributed by atoms with van der Waals surface area (Å²) in [6.07, 6.45) is 8.71. The molecule has 1 unspecified atom stereocenters. The van der Waals surface area contributed by atoms with Gasteiger partial charge in [0, 0.05) is 18.6 Å². The molecule has 0 radical (unpaired) electrons. The lowest BCUT2D eigenvalue weighted by molar-refractivity contribution is -0.187. The molecule has 3 heteroatoms. The standard InChI is InChI=1S/C13H22O3/c1-3-8-12(14)16-13(15-4-2)11-9-6-5-7-10-11/h3,8,11,13H,4-7,9-10H2,1-2H3/b8-3+. The SMILES string of the molecule is C/C=C/C(=O)OC(OCC)C1CCCCC1. The van der Waals surface area contributed by atoms with Crippen molar-refractivity contribution in [3.63, 3.8) is 0 Å². The molecule has 0 spiro atoms. The molecule has 1 aliphatic carbocycles. The Bertz CT molecular complexity index is 229. The summed E-state index contributed by atoms with van der Waals surface area (Å²) in [4.78, 5) is 11.4. The highest BCUT2D eigenvalue weighted by Gasteiger charge is 2.26. The summed E-state index contributed by atoms with van der Waals surface area (Å²) >= 11 is 0. The average Bonchev–Trinajstić information content (AvgIpc) is 2.30. The molecule has 1 saturated carbocycles. The van der Waals surface area contributed by atoms with E-state index in [0.29, 0.717) is 12.5 Å². The van der Waals surface area contributed by atoms with E-state index in [4.69, 9.17) is 9.47 Å². The van der Waals surface area contributed by atoms with E-state index < -0.39 is 0 Å². The largest absolute Gasteiger partial charge is 0.432 e. The Morgan fingerprint density at radius 2 is 2.06 bits per heavy atom. The number of allylic oxidation sites excluding steroid dienone is 1. The van der Waals surface area contributed by atoms with Gasteiger partial charge in [-0.2, -0.15) is 0 Å². The Kier molecular flexibility index (Phi) is 6.16. The molecule has 0 bridgehead atoms. The van der Waals surface area contributed by atoms with Crippen molar-refractivity contribution in [2.24, 2.45) is 5.92 Å². The maximum absolute atomic E-state index is 11.4. The summed E-state index contributed by atoms with van der Waals surface area (Å²) in [5.41, 5.74) is 0. The molecule has 1 aliphatic rings. The van der Waals surface area contributed by atoms with Crippen molar-refractivity contribution >= 4 is 5.97 Å². The van der Waals surface area contributed by atoms with E-state index in [9.17, 15) is 4.79 Å². The van der Waals surface area contributed by atoms with Gasteiger partial charge in [0.1, 0.15) is 0 Å². The molecule has 0 N–H and O–H groups in total. The van der Waals surface area contributed by atoms with E-state index >= 15 is 0 Å². The molecule has 0 aromatic rings. The highest BCUT2D eigenvalue weighted by atomic mass is 16.7. The van der Waals surface area contributed by atoms with Crippen LogP contribution in [0.2, 0.25) is 0 Å². The minimum Gasteiger partial charge on any atom is -0.432 e. The number of carbonyl (C=O) groups excluding carboxylic acids is 1. The van der Waals surface area contributed by atoms with E-state index in [-0.39, 0.29) is 12.3 Å². The van der Waals surface area contributed by atoms with E-state index in [0.717, 1.165) is 12.8 Å². The van der Waals surface area contributed by atoms with E-state index in [1.54, 1.807) is 13.0 Å². The van der Waals surface area contributed by atoms with Gasteiger partial charge in [0.2, 0.25) is 6.29 Å². The Balaban J connectivity index is 2.48. The lowest BCUT2D eigenvalue weighted by atomic mass is 9.89. The summed E-state index contributed by atoms with van der Waals surface area (Å²) in [7, 11) is 0. The third kappa shape index (κ3) is 4.35. The molecule has 3 nitrogen and oxygen atoms in total. The fraction of sp³-hybridized carbons (Fsp3) is 0.769. The van der Waals surface area contributed by atoms with Crippen LogP contribution in [-0.2, 0) is 14.3 Å². The van der Waals surface area contributed by atoms with Crippen molar-refractivity contribution in [3.8, 4) is 0 Å². The second-order valence-corrected chi connectivity index (χ2v) is 4.16. The molecule has 1 fully saturated rings. The van der Waals surface area contributed by atoms with Gasteiger partial charge in [-0.1, -0.05) is 25.3 Å². The highest BCUT2D eigenvalue weighted by molar-refractivity contribution is 5.81. The van der Waals surface area contributed by atoms with Crippen LogP contribution in [0.3, 0.4) is 0 Å². The Morgan fingerprint density at radius 3 is 2.62 bits per heavy atom. The van der Waals surface area contributed by atoms with Crippen molar-refractivity contribution in [1.82, 2.24) is 0 Å². The molecule has 0 saturated heterocycles. The predicted octanol–water partition coefficient (Wildman–Crippen LogP) is 3.05. The molecular weight excluding hydrogens is 204 g/mol. The first-order valence-electron chi connectivity index (χ1n) is 6.22. The maximum atomic E-state index is 11.4. The number of rotatable bonds is 5. The smallest absolute Gasteiger partial charge is 0.332 e. The van der Waals surface area contributed by atoms with Gasteiger partial charge in [0.05, 0.1) is 0 Å². The van der Waals surface area contributed by atoms with Crippen LogP contribution < -0.4 is 0 Å². The van der Waals surface area contributed by atoms with Crippen LogP contribution in [0.5, 0.6) is 0 Å². The number of hydrogen-bond acceptors (Lipinski definition) is 3. The third-order valence-corrected chi connectivity index (χ3v) is 2.90. The number of esters is 1. The van der Waals surface area contributed by atoms with Crippen molar-refractivity contribution < 1.29 is 14.3 Å². The van der Waals surface area contributed by atoms with Gasteiger partial charge in [-0.15, -0.1) is 0 Å². The topological polar surface area (TPSA) is 35.5 Å². The lowest BCUT2D eigenvalue weighted by Crippen LogP contribution is -2.30. The second kappa shape index (κ2) is 7.44. The van der Waals surface area contributed by atoms with Crippen LogP contribution in [0.4, 0.5) is 0 Å². The molecule has 0 aromatic heterocycles. The first-order chi connectivity index (χ1) is 7.77. The van der Waals surface area contributed by atoms with Gasteiger partial charge in [0.15, 0.2) is 0 Å². The fourth-order valence-corrected chi connectivity index (χ4v) is 2.13. The van der Waals surface area contributed by atoms with E-state index in [1.807, 2.05) is 6.92 Å². The number of carbonyl (C=O) groups is 1. The van der Waals surface area contributed by atoms with Crippen molar-refractivity contribution in [2.75, 3.05) is 6.61 Å². The fourth-order valence-electron chi connectivity index (χ4n) is 2.13. The highest BCUT2D eigenvalue weighted by Crippen LogP contribution is 2.28. The molecule has 16 heavy (non-hydrogen) atoms. The number of ether oxygens (including phenoxy) is 2. The van der Waals surface area contributed by atoms with Gasteiger partial charge in [-0.05, 0) is 26.7 Å². The van der Waals surface area contributed by atoms with Crippen LogP contribution in [0.1, 0.15) is 46.0 Å². The molecule has 0 aromatic carbocycles. The molecule has 0 amide bonds. The third-order valence-electron chi connectivity index (χ3n) is 2.90. The lowest BCUT2D eigenvalue weighted by Gasteiger charge is -2.29. The molecule has 0 heterocycles. The zero-order valence-electron chi connectivity index (χ0n) is 10.3. The van der Waals surface area contributed by atoms with Gasteiger partial charge in [-0.25, -0.2) is 4.79 Å². The Labute approximate surface area is 97.8 Å². The van der Waals surface area contributed by atoms with Crippen molar-refractivity contribution in [1.29, 1.82) is 0 Å². The van der Waals surface area contributed by atoms with Gasteiger partial charge in [0.25, 0.3) is 0 Å². The normalized spacial score (nSPS) is 19.9. The zero-order valence-corrected chi connectivity index (χ0v) is 10.3. The minimum absolute atomic E-state index is 0.300. The second-order valence-electron chi connectivity index (χ2n) is 4.16. The quantitative estimate of drug-likeness (QED) is 0.410. The van der Waals surface area contributed by atoms with Gasteiger partial charge < -0.3 is 9.47 Å². The summed E-state index contributed by atoms with van der Waals surface area (Å²) in [5, 5.41) is 0. The first-order valence-corrected chi connectivity index (χ1v) is 6.22. The van der Waals surface area contributed by atoms with Crippen LogP contribution in [0.25, 0.3) is 0 Å². The summed E-state index contributed by atoms with van der Waals surface area (Å²) in [5.74, 6) is 0.0782. The van der Waals surface area contributed by atoms with Gasteiger partial charge >= 0.3 is 5.97 Å². The minimum atomic E-state index is -0.353. The van der Waals surface area contributed by atoms with E-state index in [1.165, 1.54) is 25.3 Å². The van der Waals surface area contributed by atoms with Crippen LogP contribution in [-0.4, -0.2) is 18.9 Å². The van der Waals surface area contributed by atoms with Gasteiger partial charge in [-0.3, -0.25) is 0 Å². The molecule has 92 valence electrons. The summed E-state index contributed by atoms with van der Waals surface area (Å²) in [6, 6.07) is 0.